The topological polar surface area (TPSA) is 31.5 Å². The maximum Gasteiger partial charge on any atom is -0.0160 e. The highest BCUT2D eigenvalue weighted by molar-refractivity contribution is 5.25. The molecule has 0 aromatic heterocycles. The van der Waals surface area contributed by atoms with Crippen LogP contribution in [0.15, 0.2) is 23.8 Å². The molecule has 114 valence electrons. The van der Waals surface area contributed by atoms with Crippen molar-refractivity contribution in [2.24, 2.45) is 11.8 Å². The highest BCUT2D eigenvalue weighted by Crippen LogP contribution is 2.34. The monoisotopic (exact) mass is 268 g/mol. The van der Waals surface area contributed by atoms with E-state index in [-0.39, 0.29) is 5.48 Å². The van der Waals surface area contributed by atoms with Gasteiger partial charge in [0.15, 0.2) is 0 Å². The van der Waals surface area contributed by atoms with Crippen molar-refractivity contribution in [3.8, 4) is 0 Å². The molecule has 1 fully saturated rings. The van der Waals surface area contributed by atoms with E-state index in [1.54, 1.807) is 5.57 Å². The summed E-state index contributed by atoms with van der Waals surface area (Å²) in [4.78, 5) is 0. The summed E-state index contributed by atoms with van der Waals surface area (Å²) < 4.78 is 0. The van der Waals surface area contributed by atoms with Crippen LogP contribution in [0.3, 0.4) is 0 Å². The smallest absolute Gasteiger partial charge is 0.0160 e. The SMILES string of the molecule is CC.CC.CC1CCCCC1CCC1=CCC=C1.O. The molecule has 0 bridgehead atoms. The van der Waals surface area contributed by atoms with Gasteiger partial charge in [-0.1, -0.05) is 84.1 Å². The zero-order valence-electron chi connectivity index (χ0n) is 13.8. The van der Waals surface area contributed by atoms with Crippen LogP contribution >= 0.6 is 0 Å². The van der Waals surface area contributed by atoms with Gasteiger partial charge < -0.3 is 5.48 Å². The number of allylic oxidation sites excluding steroid dienone is 4. The maximum absolute atomic E-state index is 2.45. The summed E-state index contributed by atoms with van der Waals surface area (Å²) in [5.74, 6) is 1.99. The van der Waals surface area contributed by atoms with E-state index >= 15 is 0 Å². The predicted octanol–water partition coefficient (Wildman–Crippen LogP) is 5.71. The summed E-state index contributed by atoms with van der Waals surface area (Å²) in [5.41, 5.74) is 1.59. The van der Waals surface area contributed by atoms with Crippen molar-refractivity contribution in [3.63, 3.8) is 0 Å². The molecule has 19 heavy (non-hydrogen) atoms. The van der Waals surface area contributed by atoms with Crippen molar-refractivity contribution in [1.82, 2.24) is 0 Å². The van der Waals surface area contributed by atoms with Crippen LogP contribution in [0.4, 0.5) is 0 Å². The normalized spacial score (nSPS) is 24.2. The molecular formula is C18H36O. The number of rotatable bonds is 3. The van der Waals surface area contributed by atoms with Gasteiger partial charge in [-0.3, -0.25) is 0 Å². The molecule has 0 amide bonds. The Hall–Kier alpha value is -0.560. The lowest BCUT2D eigenvalue weighted by Gasteiger charge is -2.28. The zero-order chi connectivity index (χ0) is 13.8. The van der Waals surface area contributed by atoms with Gasteiger partial charge in [0.2, 0.25) is 0 Å². The van der Waals surface area contributed by atoms with E-state index in [1.807, 2.05) is 27.7 Å². The van der Waals surface area contributed by atoms with Crippen LogP contribution in [0.25, 0.3) is 0 Å². The fraction of sp³-hybridized carbons (Fsp3) is 0.778. The lowest BCUT2D eigenvalue weighted by molar-refractivity contribution is 0.242. The van der Waals surface area contributed by atoms with Crippen LogP contribution < -0.4 is 0 Å². The maximum atomic E-state index is 2.45. The van der Waals surface area contributed by atoms with E-state index in [2.05, 4.69) is 25.2 Å². The van der Waals surface area contributed by atoms with Crippen molar-refractivity contribution in [1.29, 1.82) is 0 Å². The molecule has 0 aliphatic heterocycles. The average Bonchev–Trinajstić information content (AvgIpc) is 2.96. The summed E-state index contributed by atoms with van der Waals surface area (Å²) in [7, 11) is 0. The summed E-state index contributed by atoms with van der Waals surface area (Å²) in [6, 6.07) is 0. The Balaban J connectivity index is 0. The van der Waals surface area contributed by atoms with E-state index < -0.39 is 0 Å². The van der Waals surface area contributed by atoms with Gasteiger partial charge in [-0.25, -0.2) is 0 Å². The molecule has 1 saturated carbocycles. The zero-order valence-corrected chi connectivity index (χ0v) is 13.8. The van der Waals surface area contributed by atoms with Crippen LogP contribution in [-0.2, 0) is 0 Å². The first-order valence-electron chi connectivity index (χ1n) is 8.22. The van der Waals surface area contributed by atoms with E-state index in [0.29, 0.717) is 0 Å². The second-order valence-electron chi connectivity index (χ2n) is 4.98. The van der Waals surface area contributed by atoms with Crippen molar-refractivity contribution < 1.29 is 5.48 Å². The first-order chi connectivity index (χ1) is 8.86. The summed E-state index contributed by atoms with van der Waals surface area (Å²) >= 11 is 0. The molecule has 2 aliphatic rings. The quantitative estimate of drug-likeness (QED) is 0.628. The van der Waals surface area contributed by atoms with E-state index in [9.17, 15) is 0 Å². The van der Waals surface area contributed by atoms with E-state index in [4.69, 9.17) is 0 Å². The third-order valence-electron chi connectivity index (χ3n) is 3.94. The lowest BCUT2D eigenvalue weighted by atomic mass is 9.77. The van der Waals surface area contributed by atoms with Gasteiger partial charge in [-0.2, -0.15) is 0 Å². The molecule has 0 saturated heterocycles. The summed E-state index contributed by atoms with van der Waals surface area (Å²) in [5, 5.41) is 0. The van der Waals surface area contributed by atoms with Gasteiger partial charge in [-0.15, -0.1) is 0 Å². The molecule has 1 nitrogen and oxygen atoms in total. The summed E-state index contributed by atoms with van der Waals surface area (Å²) in [6.07, 6.45) is 16.8. The Kier molecular flexibility index (Phi) is 15.1. The van der Waals surface area contributed by atoms with Crippen molar-refractivity contribution in [3.05, 3.63) is 23.8 Å². The Morgan fingerprint density at radius 3 is 2.21 bits per heavy atom. The fourth-order valence-corrected chi connectivity index (χ4v) is 2.87. The molecule has 0 aromatic rings. The van der Waals surface area contributed by atoms with Crippen molar-refractivity contribution in [2.45, 2.75) is 79.6 Å². The van der Waals surface area contributed by atoms with Crippen LogP contribution in [0, 0.1) is 11.8 Å². The van der Waals surface area contributed by atoms with E-state index in [0.717, 1.165) is 11.8 Å². The second kappa shape index (κ2) is 13.9. The third-order valence-corrected chi connectivity index (χ3v) is 3.94. The minimum absolute atomic E-state index is 0. The molecule has 2 atom stereocenters. The Bertz CT molecular complexity index is 240. The predicted molar refractivity (Wildman–Crippen MR) is 88.5 cm³/mol. The molecule has 2 N–H and O–H groups in total. The molecule has 0 aromatic carbocycles. The van der Waals surface area contributed by atoms with Crippen LogP contribution in [-0.4, -0.2) is 5.48 Å². The molecule has 2 unspecified atom stereocenters. The second-order valence-corrected chi connectivity index (χ2v) is 4.98. The Morgan fingerprint density at radius 2 is 1.68 bits per heavy atom. The minimum atomic E-state index is 0. The van der Waals surface area contributed by atoms with Gasteiger partial charge in [0.05, 0.1) is 0 Å². The molecule has 0 heterocycles. The number of hydrogen-bond donors (Lipinski definition) is 0. The average molecular weight is 268 g/mol. The van der Waals surface area contributed by atoms with Crippen LogP contribution in [0.2, 0.25) is 0 Å². The number of hydrogen-bond acceptors (Lipinski definition) is 0. The Labute approximate surface area is 121 Å². The first kappa shape index (κ1) is 20.8. The van der Waals surface area contributed by atoms with Gasteiger partial charge in [0, 0.05) is 0 Å². The van der Waals surface area contributed by atoms with E-state index in [1.165, 1.54) is 44.9 Å². The highest BCUT2D eigenvalue weighted by Gasteiger charge is 2.20. The standard InChI is InChI=1S/C14H22.2C2H6.H2O/c1-12-6-2-5-9-14(12)11-10-13-7-3-4-8-13;2*1-2;/h3,7-8,12,14H,2,4-6,9-11H2,1H3;2*1-2H3;1H2. The lowest BCUT2D eigenvalue weighted by Crippen LogP contribution is -2.16. The van der Waals surface area contributed by atoms with Crippen LogP contribution in [0.5, 0.6) is 0 Å². The molecule has 0 radical (unpaired) electrons. The highest BCUT2D eigenvalue weighted by atomic mass is 16.0. The summed E-state index contributed by atoms with van der Waals surface area (Å²) in [6.45, 7) is 10.4. The Morgan fingerprint density at radius 1 is 1.05 bits per heavy atom. The molecule has 2 aliphatic carbocycles. The minimum Gasteiger partial charge on any atom is -0.412 e. The van der Waals surface area contributed by atoms with Gasteiger partial charge in [-0.05, 0) is 31.1 Å². The van der Waals surface area contributed by atoms with Gasteiger partial charge in [0.25, 0.3) is 0 Å². The largest absolute Gasteiger partial charge is 0.412 e. The molecule has 2 rings (SSSR count). The first-order valence-corrected chi connectivity index (χ1v) is 8.22. The fourth-order valence-electron chi connectivity index (χ4n) is 2.87. The van der Waals surface area contributed by atoms with Crippen molar-refractivity contribution in [2.75, 3.05) is 0 Å². The molecule has 1 heteroatoms. The van der Waals surface area contributed by atoms with Gasteiger partial charge in [0.1, 0.15) is 0 Å². The molecule has 0 spiro atoms. The van der Waals surface area contributed by atoms with Crippen molar-refractivity contribution >= 4 is 0 Å². The third kappa shape index (κ3) is 8.26. The molecular weight excluding hydrogens is 232 g/mol. The van der Waals surface area contributed by atoms with Crippen LogP contribution in [0.1, 0.15) is 79.6 Å². The van der Waals surface area contributed by atoms with Gasteiger partial charge >= 0.3 is 0 Å².